The van der Waals surface area contributed by atoms with Crippen molar-refractivity contribution in [2.45, 2.75) is 84.2 Å². The van der Waals surface area contributed by atoms with Gasteiger partial charge in [-0.25, -0.2) is 0 Å². The van der Waals surface area contributed by atoms with Gasteiger partial charge in [0.05, 0.1) is 0 Å². The lowest BCUT2D eigenvalue weighted by atomic mass is 9.71. The lowest BCUT2D eigenvalue weighted by molar-refractivity contribution is 0.0418. The molecule has 0 aromatic carbocycles. The van der Waals surface area contributed by atoms with Crippen molar-refractivity contribution in [2.24, 2.45) is 11.8 Å². The average Bonchev–Trinajstić information content (AvgIpc) is 2.98. The molecule has 4 atom stereocenters. The molecule has 2 rings (SSSR count). The van der Waals surface area contributed by atoms with Crippen molar-refractivity contribution in [3.8, 4) is 0 Å². The Morgan fingerprint density at radius 3 is 2.40 bits per heavy atom. The summed E-state index contributed by atoms with van der Waals surface area (Å²) < 4.78 is 0. The Bertz CT molecular complexity index is 285. The van der Waals surface area contributed by atoms with E-state index in [4.69, 9.17) is 0 Å². The molecule has 1 saturated heterocycles. The van der Waals surface area contributed by atoms with E-state index in [2.05, 4.69) is 37.9 Å². The molecule has 1 heterocycles. The number of likely N-dealkylation sites (tertiary alicyclic amines) is 1. The van der Waals surface area contributed by atoms with Gasteiger partial charge in [-0.05, 0) is 70.5 Å². The zero-order chi connectivity index (χ0) is 14.6. The van der Waals surface area contributed by atoms with E-state index in [0.29, 0.717) is 11.6 Å². The van der Waals surface area contributed by atoms with Crippen LogP contribution in [0.5, 0.6) is 0 Å². The highest BCUT2D eigenvalue weighted by Crippen LogP contribution is 2.38. The van der Waals surface area contributed by atoms with E-state index >= 15 is 0 Å². The van der Waals surface area contributed by atoms with Crippen molar-refractivity contribution in [2.75, 3.05) is 19.6 Å². The Kier molecular flexibility index (Phi) is 5.92. The van der Waals surface area contributed by atoms with E-state index < -0.39 is 0 Å². The highest BCUT2D eigenvalue weighted by Gasteiger charge is 2.43. The van der Waals surface area contributed by atoms with E-state index in [1.807, 2.05) is 0 Å². The fourth-order valence-electron chi connectivity index (χ4n) is 4.77. The Balaban J connectivity index is 2.15. The fourth-order valence-corrected chi connectivity index (χ4v) is 4.77. The van der Waals surface area contributed by atoms with Gasteiger partial charge in [0, 0.05) is 11.6 Å². The van der Waals surface area contributed by atoms with Crippen LogP contribution in [-0.4, -0.2) is 36.1 Å². The Morgan fingerprint density at radius 1 is 1.15 bits per heavy atom. The largest absolute Gasteiger partial charge is 0.312 e. The highest BCUT2D eigenvalue weighted by atomic mass is 15.2. The molecule has 2 fully saturated rings. The molecule has 2 heteroatoms. The molecule has 1 saturated carbocycles. The molecule has 0 bridgehead atoms. The molecule has 1 N–H and O–H groups in total. The van der Waals surface area contributed by atoms with Crippen LogP contribution in [0.2, 0.25) is 0 Å². The summed E-state index contributed by atoms with van der Waals surface area (Å²) in [7, 11) is 0. The predicted octanol–water partition coefficient (Wildman–Crippen LogP) is 4.06. The molecule has 0 spiro atoms. The summed E-state index contributed by atoms with van der Waals surface area (Å²) in [5.41, 5.74) is 0.355. The molecule has 118 valence electrons. The lowest BCUT2D eigenvalue weighted by Crippen LogP contribution is -2.61. The van der Waals surface area contributed by atoms with Crippen LogP contribution in [0.15, 0.2) is 0 Å². The van der Waals surface area contributed by atoms with Crippen LogP contribution in [0, 0.1) is 11.8 Å². The summed E-state index contributed by atoms with van der Waals surface area (Å²) in [5, 5.41) is 3.90. The molecule has 0 aromatic heterocycles. The number of nitrogens with one attached hydrogen (secondary N) is 1. The molecular formula is C18H36N2. The van der Waals surface area contributed by atoms with Gasteiger partial charge in [0.1, 0.15) is 0 Å². The van der Waals surface area contributed by atoms with Crippen molar-refractivity contribution >= 4 is 0 Å². The number of hydrogen-bond acceptors (Lipinski definition) is 2. The van der Waals surface area contributed by atoms with Crippen LogP contribution >= 0.6 is 0 Å². The summed E-state index contributed by atoms with van der Waals surface area (Å²) in [6, 6.07) is 0.679. The summed E-state index contributed by atoms with van der Waals surface area (Å²) in [4.78, 5) is 2.79. The number of rotatable bonds is 6. The molecule has 0 aromatic rings. The first kappa shape index (κ1) is 16.3. The number of nitrogens with zero attached hydrogens (tertiary/aromatic N) is 1. The van der Waals surface area contributed by atoms with Crippen LogP contribution in [0.3, 0.4) is 0 Å². The van der Waals surface area contributed by atoms with Gasteiger partial charge in [-0.2, -0.15) is 0 Å². The summed E-state index contributed by atoms with van der Waals surface area (Å²) in [6.07, 6.45) is 9.82. The van der Waals surface area contributed by atoms with Crippen molar-refractivity contribution < 1.29 is 0 Å². The average molecular weight is 280 g/mol. The van der Waals surface area contributed by atoms with Gasteiger partial charge in [0.25, 0.3) is 0 Å². The van der Waals surface area contributed by atoms with Crippen LogP contribution in [0.1, 0.15) is 72.6 Å². The van der Waals surface area contributed by atoms with Crippen LogP contribution in [0.4, 0.5) is 0 Å². The Hall–Kier alpha value is -0.0800. The standard InChI is InChI=1S/C18H36N2/c1-5-18(4,20-12-7-8-13-20)17(19-6-2)16-11-9-10-15(3)14-16/h15-17,19H,5-14H2,1-4H3. The van der Waals surface area contributed by atoms with Gasteiger partial charge in [-0.15, -0.1) is 0 Å². The summed E-state index contributed by atoms with van der Waals surface area (Å²) in [5.74, 6) is 1.80. The van der Waals surface area contributed by atoms with Gasteiger partial charge in [-0.1, -0.05) is 33.6 Å². The van der Waals surface area contributed by atoms with Gasteiger partial charge in [0.2, 0.25) is 0 Å². The molecule has 2 aliphatic rings. The monoisotopic (exact) mass is 280 g/mol. The van der Waals surface area contributed by atoms with E-state index in [0.717, 1.165) is 18.4 Å². The maximum Gasteiger partial charge on any atom is 0.0334 e. The fraction of sp³-hybridized carbons (Fsp3) is 1.00. The molecule has 20 heavy (non-hydrogen) atoms. The molecule has 1 aliphatic heterocycles. The molecule has 2 nitrogen and oxygen atoms in total. The first-order chi connectivity index (χ1) is 9.61. The van der Waals surface area contributed by atoms with Crippen LogP contribution < -0.4 is 5.32 Å². The van der Waals surface area contributed by atoms with Crippen molar-refractivity contribution in [1.29, 1.82) is 0 Å². The quantitative estimate of drug-likeness (QED) is 0.789. The second-order valence-corrected chi connectivity index (χ2v) is 7.47. The zero-order valence-corrected chi connectivity index (χ0v) is 14.3. The third-order valence-electron chi connectivity index (χ3n) is 6.09. The van der Waals surface area contributed by atoms with E-state index in [9.17, 15) is 0 Å². The Morgan fingerprint density at radius 2 is 1.85 bits per heavy atom. The molecule has 0 amide bonds. The second kappa shape index (κ2) is 7.26. The minimum absolute atomic E-state index is 0.355. The van der Waals surface area contributed by atoms with Crippen molar-refractivity contribution in [3.05, 3.63) is 0 Å². The first-order valence-electron chi connectivity index (χ1n) is 9.10. The molecule has 0 radical (unpaired) electrons. The zero-order valence-electron chi connectivity index (χ0n) is 14.3. The third-order valence-corrected chi connectivity index (χ3v) is 6.09. The minimum Gasteiger partial charge on any atom is -0.312 e. The Labute approximate surface area is 126 Å². The highest BCUT2D eigenvalue weighted by molar-refractivity contribution is 5.01. The minimum atomic E-state index is 0.355. The number of hydrogen-bond donors (Lipinski definition) is 1. The van der Waals surface area contributed by atoms with Crippen LogP contribution in [0.25, 0.3) is 0 Å². The molecule has 4 unspecified atom stereocenters. The van der Waals surface area contributed by atoms with Crippen molar-refractivity contribution in [1.82, 2.24) is 10.2 Å². The molecule has 1 aliphatic carbocycles. The summed E-state index contributed by atoms with van der Waals surface area (Å²) >= 11 is 0. The lowest BCUT2D eigenvalue weighted by Gasteiger charge is -2.49. The topological polar surface area (TPSA) is 15.3 Å². The SMILES string of the molecule is CCNC(C1CCCC(C)C1)C(C)(CC)N1CCCC1. The van der Waals surface area contributed by atoms with Gasteiger partial charge in [0.15, 0.2) is 0 Å². The first-order valence-corrected chi connectivity index (χ1v) is 9.10. The van der Waals surface area contributed by atoms with Gasteiger partial charge >= 0.3 is 0 Å². The smallest absolute Gasteiger partial charge is 0.0334 e. The summed E-state index contributed by atoms with van der Waals surface area (Å²) in [6.45, 7) is 13.4. The van der Waals surface area contributed by atoms with E-state index in [-0.39, 0.29) is 0 Å². The third kappa shape index (κ3) is 3.39. The maximum atomic E-state index is 3.90. The van der Waals surface area contributed by atoms with E-state index in [1.54, 1.807) is 0 Å². The predicted molar refractivity (Wildman–Crippen MR) is 88.1 cm³/mol. The second-order valence-electron chi connectivity index (χ2n) is 7.47. The van der Waals surface area contributed by atoms with E-state index in [1.165, 1.54) is 58.0 Å². The normalized spacial score (nSPS) is 33.0. The van der Waals surface area contributed by atoms with Gasteiger partial charge < -0.3 is 5.32 Å². The van der Waals surface area contributed by atoms with Gasteiger partial charge in [-0.3, -0.25) is 4.90 Å². The molecular weight excluding hydrogens is 244 g/mol. The van der Waals surface area contributed by atoms with Crippen molar-refractivity contribution in [3.63, 3.8) is 0 Å². The number of likely N-dealkylation sites (N-methyl/N-ethyl adjacent to an activating group) is 1. The van der Waals surface area contributed by atoms with Crippen LogP contribution in [-0.2, 0) is 0 Å². The maximum absolute atomic E-state index is 3.90.